The van der Waals surface area contributed by atoms with Gasteiger partial charge in [-0.25, -0.2) is 0 Å². The van der Waals surface area contributed by atoms with Gasteiger partial charge in [0.25, 0.3) is 0 Å². The van der Waals surface area contributed by atoms with E-state index in [-0.39, 0.29) is 10.6 Å². The molecule has 1 heterocycles. The number of hydrogen-bond acceptors (Lipinski definition) is 2. The Bertz CT molecular complexity index is 832. The number of nitrogens with zero attached hydrogens (tertiary/aromatic N) is 1. The number of H-pyrrole nitrogens is 1. The minimum Gasteiger partial charge on any atom is -0.354 e. The number of nitro groups is 1. The zero-order valence-electron chi connectivity index (χ0n) is 11.5. The zero-order chi connectivity index (χ0) is 14.8. The number of fused-ring (bicyclic) bond motifs is 1. The number of aromatic nitrogens is 1. The fourth-order valence-electron chi connectivity index (χ4n) is 2.41. The van der Waals surface area contributed by atoms with E-state index in [1.54, 1.807) is 6.08 Å². The van der Waals surface area contributed by atoms with Crippen molar-refractivity contribution >= 4 is 17.0 Å². The molecule has 0 fully saturated rings. The average Bonchev–Trinajstić information content (AvgIpc) is 2.87. The third kappa shape index (κ3) is 2.43. The number of rotatable bonds is 3. The van der Waals surface area contributed by atoms with E-state index in [0.717, 1.165) is 27.7 Å². The molecule has 0 saturated carbocycles. The number of hydrogen-bond donors (Lipinski definition) is 1. The van der Waals surface area contributed by atoms with Crippen LogP contribution in [0.4, 0.5) is 0 Å². The number of allylic oxidation sites excluding steroid dienone is 1. The molecule has 0 aliphatic carbocycles. The van der Waals surface area contributed by atoms with E-state index in [4.69, 9.17) is 0 Å². The van der Waals surface area contributed by atoms with Crippen LogP contribution in [0.1, 0.15) is 12.5 Å². The standard InChI is InChI=1S/C17H14N2O2/c1-12(19(20)21)11-15-14-9-5-6-10-16(14)18-17(15)13-7-3-2-4-8-13/h2-11,18H,1H3/b12-11+. The molecule has 3 rings (SSSR count). The molecule has 0 atom stereocenters. The highest BCUT2D eigenvalue weighted by molar-refractivity contribution is 5.96. The Labute approximate surface area is 121 Å². The first-order chi connectivity index (χ1) is 10.2. The second-order valence-corrected chi connectivity index (χ2v) is 4.87. The number of benzene rings is 2. The predicted octanol–water partition coefficient (Wildman–Crippen LogP) is 4.47. The second-order valence-electron chi connectivity index (χ2n) is 4.87. The molecule has 0 aliphatic rings. The summed E-state index contributed by atoms with van der Waals surface area (Å²) in [6.45, 7) is 1.51. The smallest absolute Gasteiger partial charge is 0.243 e. The second kappa shape index (κ2) is 5.25. The number of para-hydroxylation sites is 1. The van der Waals surface area contributed by atoms with Crippen molar-refractivity contribution in [1.29, 1.82) is 0 Å². The normalized spacial score (nSPS) is 11.8. The molecule has 21 heavy (non-hydrogen) atoms. The van der Waals surface area contributed by atoms with E-state index < -0.39 is 0 Å². The minimum atomic E-state index is -0.365. The topological polar surface area (TPSA) is 58.9 Å². The Kier molecular flexibility index (Phi) is 3.28. The molecular formula is C17H14N2O2. The van der Waals surface area contributed by atoms with E-state index in [9.17, 15) is 10.1 Å². The lowest BCUT2D eigenvalue weighted by Gasteiger charge is -2.00. The van der Waals surface area contributed by atoms with Crippen LogP contribution >= 0.6 is 0 Å². The first kappa shape index (κ1) is 13.1. The van der Waals surface area contributed by atoms with Crippen molar-refractivity contribution in [2.45, 2.75) is 6.92 Å². The lowest BCUT2D eigenvalue weighted by molar-refractivity contribution is -0.422. The molecule has 3 aromatic rings. The average molecular weight is 278 g/mol. The molecule has 0 bridgehead atoms. The maximum Gasteiger partial charge on any atom is 0.243 e. The Balaban J connectivity index is 2.29. The van der Waals surface area contributed by atoms with E-state index in [0.29, 0.717) is 0 Å². The number of nitrogens with one attached hydrogen (secondary N) is 1. The summed E-state index contributed by atoms with van der Waals surface area (Å²) in [5.74, 6) is 0. The fraction of sp³-hybridized carbons (Fsp3) is 0.0588. The molecule has 1 aromatic heterocycles. The van der Waals surface area contributed by atoms with Gasteiger partial charge in [0.2, 0.25) is 5.70 Å². The Morgan fingerprint density at radius 2 is 1.76 bits per heavy atom. The van der Waals surface area contributed by atoms with Crippen molar-refractivity contribution in [3.63, 3.8) is 0 Å². The van der Waals surface area contributed by atoms with Gasteiger partial charge in [0.05, 0.1) is 10.6 Å². The summed E-state index contributed by atoms with van der Waals surface area (Å²) in [4.78, 5) is 13.9. The van der Waals surface area contributed by atoms with Crippen molar-refractivity contribution in [1.82, 2.24) is 4.98 Å². The molecule has 0 amide bonds. The van der Waals surface area contributed by atoms with Crippen LogP contribution in [0, 0.1) is 10.1 Å². The molecule has 2 aromatic carbocycles. The van der Waals surface area contributed by atoms with Gasteiger partial charge in [-0.05, 0) is 11.6 Å². The van der Waals surface area contributed by atoms with Gasteiger partial charge >= 0.3 is 0 Å². The van der Waals surface area contributed by atoms with Crippen molar-refractivity contribution in [2.75, 3.05) is 0 Å². The van der Waals surface area contributed by atoms with Crippen LogP contribution in [-0.4, -0.2) is 9.91 Å². The molecule has 0 saturated heterocycles. The highest BCUT2D eigenvalue weighted by atomic mass is 16.6. The molecule has 0 radical (unpaired) electrons. The summed E-state index contributed by atoms with van der Waals surface area (Å²) in [5, 5.41) is 11.9. The predicted molar refractivity (Wildman–Crippen MR) is 84.4 cm³/mol. The van der Waals surface area contributed by atoms with Crippen molar-refractivity contribution < 1.29 is 4.92 Å². The fourth-order valence-corrected chi connectivity index (χ4v) is 2.41. The van der Waals surface area contributed by atoms with Crippen LogP contribution in [-0.2, 0) is 0 Å². The van der Waals surface area contributed by atoms with E-state index >= 15 is 0 Å². The molecule has 0 unspecified atom stereocenters. The van der Waals surface area contributed by atoms with Crippen LogP contribution in [0.25, 0.3) is 28.2 Å². The van der Waals surface area contributed by atoms with Gasteiger partial charge in [0.15, 0.2) is 0 Å². The van der Waals surface area contributed by atoms with Crippen molar-refractivity contribution in [3.05, 3.63) is 76.0 Å². The van der Waals surface area contributed by atoms with Gasteiger partial charge in [0.1, 0.15) is 0 Å². The molecule has 4 nitrogen and oxygen atoms in total. The van der Waals surface area contributed by atoms with Gasteiger partial charge in [-0.3, -0.25) is 10.1 Å². The lowest BCUT2D eigenvalue weighted by Crippen LogP contribution is -1.93. The van der Waals surface area contributed by atoms with E-state index in [1.165, 1.54) is 6.92 Å². The largest absolute Gasteiger partial charge is 0.354 e. The lowest BCUT2D eigenvalue weighted by atomic mass is 10.0. The van der Waals surface area contributed by atoms with E-state index in [2.05, 4.69) is 4.98 Å². The monoisotopic (exact) mass is 278 g/mol. The van der Waals surface area contributed by atoms with Crippen LogP contribution in [0.2, 0.25) is 0 Å². The molecule has 4 heteroatoms. The highest BCUT2D eigenvalue weighted by Gasteiger charge is 2.13. The summed E-state index contributed by atoms with van der Waals surface area (Å²) in [5.41, 5.74) is 3.86. The van der Waals surface area contributed by atoms with Gasteiger partial charge in [-0.15, -0.1) is 0 Å². The van der Waals surface area contributed by atoms with Gasteiger partial charge < -0.3 is 4.98 Å². The summed E-state index contributed by atoms with van der Waals surface area (Å²) in [6, 6.07) is 17.7. The number of aromatic amines is 1. The summed E-state index contributed by atoms with van der Waals surface area (Å²) in [6.07, 6.45) is 1.63. The maximum absolute atomic E-state index is 10.9. The van der Waals surface area contributed by atoms with Crippen LogP contribution in [0.3, 0.4) is 0 Å². The first-order valence-corrected chi connectivity index (χ1v) is 6.65. The molecule has 0 aliphatic heterocycles. The van der Waals surface area contributed by atoms with Gasteiger partial charge in [0, 0.05) is 29.5 Å². The molecule has 1 N–H and O–H groups in total. The summed E-state index contributed by atoms with van der Waals surface area (Å²) in [7, 11) is 0. The Hall–Kier alpha value is -2.88. The van der Waals surface area contributed by atoms with Crippen molar-refractivity contribution in [3.8, 4) is 11.3 Å². The van der Waals surface area contributed by atoms with Crippen LogP contribution < -0.4 is 0 Å². The minimum absolute atomic E-state index is 0.122. The third-order valence-corrected chi connectivity index (χ3v) is 3.45. The SMILES string of the molecule is C/C(=C\c1c(-c2ccccc2)[nH]c2ccccc12)[N+](=O)[O-]. The molecule has 104 valence electrons. The van der Waals surface area contributed by atoms with Gasteiger partial charge in [-0.1, -0.05) is 48.5 Å². The van der Waals surface area contributed by atoms with Crippen molar-refractivity contribution in [2.24, 2.45) is 0 Å². The maximum atomic E-state index is 10.9. The Morgan fingerprint density at radius 3 is 2.48 bits per heavy atom. The summed E-state index contributed by atoms with van der Waals surface area (Å²) >= 11 is 0. The zero-order valence-corrected chi connectivity index (χ0v) is 11.5. The third-order valence-electron chi connectivity index (χ3n) is 3.45. The molecular weight excluding hydrogens is 264 g/mol. The van der Waals surface area contributed by atoms with E-state index in [1.807, 2.05) is 54.6 Å². The van der Waals surface area contributed by atoms with Crippen LogP contribution in [0.15, 0.2) is 60.3 Å². The highest BCUT2D eigenvalue weighted by Crippen LogP contribution is 2.31. The molecule has 0 spiro atoms. The van der Waals surface area contributed by atoms with Crippen LogP contribution in [0.5, 0.6) is 0 Å². The first-order valence-electron chi connectivity index (χ1n) is 6.65. The summed E-state index contributed by atoms with van der Waals surface area (Å²) < 4.78 is 0. The Morgan fingerprint density at radius 1 is 1.10 bits per heavy atom. The van der Waals surface area contributed by atoms with Gasteiger partial charge in [-0.2, -0.15) is 0 Å². The quantitative estimate of drug-likeness (QED) is 0.567.